The van der Waals surface area contributed by atoms with Crippen LogP contribution in [0.4, 0.5) is 0 Å². The molecule has 1 aromatic heterocycles. The van der Waals surface area contributed by atoms with Crippen LogP contribution in [0.1, 0.15) is 75.6 Å². The van der Waals surface area contributed by atoms with Crippen molar-refractivity contribution in [2.24, 2.45) is 0 Å². The predicted octanol–water partition coefficient (Wildman–Crippen LogP) is 7.19. The van der Waals surface area contributed by atoms with Crippen LogP contribution in [0.2, 0.25) is 0 Å². The van der Waals surface area contributed by atoms with Crippen molar-refractivity contribution in [1.82, 2.24) is 4.98 Å². The lowest BCUT2D eigenvalue weighted by Crippen LogP contribution is -2.06. The summed E-state index contributed by atoms with van der Waals surface area (Å²) in [6, 6.07) is 13.0. The zero-order chi connectivity index (χ0) is 21.9. The number of esters is 1. The van der Waals surface area contributed by atoms with Gasteiger partial charge in [-0.05, 0) is 55.3 Å². The third-order valence-corrected chi connectivity index (χ3v) is 5.22. The van der Waals surface area contributed by atoms with Crippen molar-refractivity contribution in [3.63, 3.8) is 0 Å². The molecule has 0 N–H and O–H groups in total. The summed E-state index contributed by atoms with van der Waals surface area (Å²) < 4.78 is 17.1. The van der Waals surface area contributed by atoms with Gasteiger partial charge in [-0.2, -0.15) is 0 Å². The van der Waals surface area contributed by atoms with Gasteiger partial charge in [0.05, 0.1) is 18.8 Å². The molecule has 5 nitrogen and oxygen atoms in total. The molecule has 0 aliphatic rings. The number of ether oxygens (including phenoxy) is 2. The van der Waals surface area contributed by atoms with E-state index in [0.29, 0.717) is 29.2 Å². The van der Waals surface area contributed by atoms with Crippen molar-refractivity contribution in [3.05, 3.63) is 48.0 Å². The lowest BCUT2D eigenvalue weighted by atomic mass is 10.2. The molecule has 3 rings (SSSR count). The number of carbonyl (C=O) groups excluding carboxylic acids is 1. The summed E-state index contributed by atoms with van der Waals surface area (Å²) in [4.78, 5) is 16.8. The van der Waals surface area contributed by atoms with Crippen LogP contribution < -0.4 is 4.74 Å². The first-order chi connectivity index (χ1) is 15.2. The summed E-state index contributed by atoms with van der Waals surface area (Å²) in [5.74, 6) is 1.05. The van der Waals surface area contributed by atoms with E-state index in [2.05, 4.69) is 18.8 Å². The average Bonchev–Trinajstić information content (AvgIpc) is 3.22. The van der Waals surface area contributed by atoms with Gasteiger partial charge in [0.1, 0.15) is 11.3 Å². The Kier molecular flexibility index (Phi) is 8.95. The molecule has 3 aromatic rings. The van der Waals surface area contributed by atoms with E-state index in [1.165, 1.54) is 19.3 Å². The number of hydrogen-bond donors (Lipinski definition) is 0. The van der Waals surface area contributed by atoms with E-state index in [-0.39, 0.29) is 5.97 Å². The van der Waals surface area contributed by atoms with E-state index >= 15 is 0 Å². The van der Waals surface area contributed by atoms with E-state index in [4.69, 9.17) is 13.9 Å². The minimum atomic E-state index is -0.322. The van der Waals surface area contributed by atoms with Gasteiger partial charge in [0.15, 0.2) is 5.58 Å². The standard InChI is InChI=1S/C26H33NO4/c1-3-5-7-9-17-29-22-14-11-20(12-15-22)25-27-23-16-13-21(19-24(23)31-25)26(28)30-18-10-8-6-4-2/h11-16,19H,3-10,17-18H2,1-2H3. The Morgan fingerprint density at radius 2 is 1.58 bits per heavy atom. The molecule has 0 aliphatic carbocycles. The van der Waals surface area contributed by atoms with Gasteiger partial charge in [-0.15, -0.1) is 0 Å². The number of benzene rings is 2. The van der Waals surface area contributed by atoms with E-state index < -0.39 is 0 Å². The van der Waals surface area contributed by atoms with Gasteiger partial charge < -0.3 is 13.9 Å². The monoisotopic (exact) mass is 423 g/mol. The summed E-state index contributed by atoms with van der Waals surface area (Å²) >= 11 is 0. The van der Waals surface area contributed by atoms with Crippen LogP contribution in [-0.2, 0) is 4.74 Å². The van der Waals surface area contributed by atoms with Crippen LogP contribution in [-0.4, -0.2) is 24.2 Å². The molecule has 2 aromatic carbocycles. The second kappa shape index (κ2) is 12.1. The Bertz CT molecular complexity index is 946. The third kappa shape index (κ3) is 6.84. The molecule has 1 heterocycles. The first kappa shape index (κ1) is 22.9. The second-order valence-corrected chi connectivity index (χ2v) is 7.83. The normalized spacial score (nSPS) is 11.0. The van der Waals surface area contributed by atoms with Gasteiger partial charge in [-0.3, -0.25) is 0 Å². The minimum Gasteiger partial charge on any atom is -0.494 e. The lowest BCUT2D eigenvalue weighted by Gasteiger charge is -2.06. The topological polar surface area (TPSA) is 61.6 Å². The maximum atomic E-state index is 12.3. The number of fused-ring (bicyclic) bond motifs is 1. The van der Waals surface area contributed by atoms with Crippen molar-refractivity contribution in [2.45, 2.75) is 65.2 Å². The van der Waals surface area contributed by atoms with Crippen LogP contribution in [0.15, 0.2) is 46.9 Å². The van der Waals surface area contributed by atoms with E-state index in [1.807, 2.05) is 24.3 Å². The molecule has 0 radical (unpaired) electrons. The summed E-state index contributed by atoms with van der Waals surface area (Å²) in [5.41, 5.74) is 2.64. The average molecular weight is 424 g/mol. The van der Waals surface area contributed by atoms with Gasteiger partial charge >= 0.3 is 5.97 Å². The quantitative estimate of drug-likeness (QED) is 0.215. The third-order valence-electron chi connectivity index (χ3n) is 5.22. The molecule has 5 heteroatoms. The van der Waals surface area contributed by atoms with Gasteiger partial charge in [0, 0.05) is 5.56 Å². The molecule has 0 unspecified atom stereocenters. The smallest absolute Gasteiger partial charge is 0.338 e. The van der Waals surface area contributed by atoms with Gasteiger partial charge in [0.2, 0.25) is 5.89 Å². The second-order valence-electron chi connectivity index (χ2n) is 7.83. The Balaban J connectivity index is 1.58. The fourth-order valence-electron chi connectivity index (χ4n) is 3.36. The number of hydrogen-bond acceptors (Lipinski definition) is 5. The summed E-state index contributed by atoms with van der Waals surface area (Å²) in [6.45, 7) is 5.55. The molecule has 0 atom stereocenters. The molecule has 0 bridgehead atoms. The first-order valence-electron chi connectivity index (χ1n) is 11.5. The number of aromatic nitrogens is 1. The molecule has 0 amide bonds. The van der Waals surface area contributed by atoms with Crippen molar-refractivity contribution >= 4 is 17.1 Å². The highest BCUT2D eigenvalue weighted by Crippen LogP contribution is 2.27. The maximum absolute atomic E-state index is 12.3. The molecule has 0 fully saturated rings. The highest BCUT2D eigenvalue weighted by molar-refractivity contribution is 5.93. The summed E-state index contributed by atoms with van der Waals surface area (Å²) in [5, 5.41) is 0. The molecular formula is C26H33NO4. The zero-order valence-electron chi connectivity index (χ0n) is 18.7. The molecule has 166 valence electrons. The SMILES string of the molecule is CCCCCCOC(=O)c1ccc2nc(-c3ccc(OCCCCCC)cc3)oc2c1. The highest BCUT2D eigenvalue weighted by Gasteiger charge is 2.13. The van der Waals surface area contributed by atoms with Crippen LogP contribution in [0, 0.1) is 0 Å². The van der Waals surface area contributed by atoms with Gasteiger partial charge in [-0.25, -0.2) is 9.78 Å². The summed E-state index contributed by atoms with van der Waals surface area (Å²) in [7, 11) is 0. The largest absolute Gasteiger partial charge is 0.494 e. The van der Waals surface area contributed by atoms with Crippen molar-refractivity contribution in [3.8, 4) is 17.2 Å². The molecule has 0 spiro atoms. The maximum Gasteiger partial charge on any atom is 0.338 e. The van der Waals surface area contributed by atoms with E-state index in [1.54, 1.807) is 18.2 Å². The Hall–Kier alpha value is -2.82. The van der Waals surface area contributed by atoms with Crippen LogP contribution >= 0.6 is 0 Å². The van der Waals surface area contributed by atoms with Gasteiger partial charge in [-0.1, -0.05) is 52.4 Å². The number of rotatable bonds is 13. The first-order valence-corrected chi connectivity index (χ1v) is 11.5. The number of unbranched alkanes of at least 4 members (excludes halogenated alkanes) is 6. The predicted molar refractivity (Wildman–Crippen MR) is 124 cm³/mol. The summed E-state index contributed by atoms with van der Waals surface area (Å²) in [6.07, 6.45) is 9.04. The number of carbonyl (C=O) groups is 1. The van der Waals surface area contributed by atoms with Crippen LogP contribution in [0.5, 0.6) is 5.75 Å². The molecule has 31 heavy (non-hydrogen) atoms. The minimum absolute atomic E-state index is 0.322. The van der Waals surface area contributed by atoms with Gasteiger partial charge in [0.25, 0.3) is 0 Å². The van der Waals surface area contributed by atoms with Crippen LogP contribution in [0.3, 0.4) is 0 Å². The Labute approximate surface area is 184 Å². The molecule has 0 aliphatic heterocycles. The Morgan fingerprint density at radius 3 is 2.29 bits per heavy atom. The molecule has 0 saturated carbocycles. The highest BCUT2D eigenvalue weighted by atomic mass is 16.5. The van der Waals surface area contributed by atoms with Crippen molar-refractivity contribution in [1.29, 1.82) is 0 Å². The van der Waals surface area contributed by atoms with Crippen LogP contribution in [0.25, 0.3) is 22.6 Å². The Morgan fingerprint density at radius 1 is 0.871 bits per heavy atom. The fourth-order valence-corrected chi connectivity index (χ4v) is 3.36. The van der Waals surface area contributed by atoms with E-state index in [9.17, 15) is 4.79 Å². The number of nitrogens with zero attached hydrogens (tertiary/aromatic N) is 1. The lowest BCUT2D eigenvalue weighted by molar-refractivity contribution is 0.0498. The van der Waals surface area contributed by atoms with E-state index in [0.717, 1.165) is 50.0 Å². The van der Waals surface area contributed by atoms with Crippen molar-refractivity contribution < 1.29 is 18.7 Å². The number of oxazole rings is 1. The molecule has 0 saturated heterocycles. The van der Waals surface area contributed by atoms with Crippen molar-refractivity contribution in [2.75, 3.05) is 13.2 Å². The molecular weight excluding hydrogens is 390 g/mol. The fraction of sp³-hybridized carbons (Fsp3) is 0.462. The zero-order valence-corrected chi connectivity index (χ0v) is 18.7.